The van der Waals surface area contributed by atoms with Crippen LogP contribution >= 0.6 is 11.6 Å². The Bertz CT molecular complexity index is 1090. The van der Waals surface area contributed by atoms with Crippen molar-refractivity contribution in [2.45, 2.75) is 11.8 Å². The van der Waals surface area contributed by atoms with Gasteiger partial charge < -0.3 is 9.15 Å². The number of aromatic nitrogens is 2. The minimum atomic E-state index is -3.74. The minimum Gasteiger partial charge on any atom is -0.416 e. The van der Waals surface area contributed by atoms with Crippen molar-refractivity contribution in [1.29, 1.82) is 0 Å². The van der Waals surface area contributed by atoms with Gasteiger partial charge in [-0.2, -0.15) is 4.31 Å². The third kappa shape index (κ3) is 3.68. The zero-order valence-corrected chi connectivity index (χ0v) is 16.7. The molecule has 146 valence electrons. The second kappa shape index (κ2) is 7.63. The Morgan fingerprint density at radius 3 is 2.25 bits per heavy atom. The van der Waals surface area contributed by atoms with E-state index >= 15 is 0 Å². The molecule has 0 unspecified atom stereocenters. The Balaban J connectivity index is 1.68. The number of morpholine rings is 1. The first-order chi connectivity index (χ1) is 13.4. The average Bonchev–Trinajstić information content (AvgIpc) is 3.19. The van der Waals surface area contributed by atoms with Gasteiger partial charge in [-0.3, -0.25) is 0 Å². The van der Waals surface area contributed by atoms with E-state index in [1.807, 2.05) is 31.2 Å². The van der Waals surface area contributed by atoms with E-state index < -0.39 is 10.0 Å². The average molecular weight is 420 g/mol. The summed E-state index contributed by atoms with van der Waals surface area (Å²) in [5, 5.41) is 8.28. The molecule has 1 saturated heterocycles. The lowest BCUT2D eigenvalue weighted by Crippen LogP contribution is -2.40. The van der Waals surface area contributed by atoms with Crippen LogP contribution in [0.3, 0.4) is 0 Å². The molecule has 0 spiro atoms. The highest BCUT2D eigenvalue weighted by Gasteiger charge is 2.29. The number of sulfonamides is 1. The van der Waals surface area contributed by atoms with Gasteiger partial charge in [0.2, 0.25) is 21.8 Å². The van der Waals surface area contributed by atoms with Crippen LogP contribution in [0.15, 0.2) is 51.8 Å². The molecule has 0 atom stereocenters. The van der Waals surface area contributed by atoms with Crippen molar-refractivity contribution in [3.8, 4) is 22.9 Å². The smallest absolute Gasteiger partial charge is 0.248 e. The predicted molar refractivity (Wildman–Crippen MR) is 104 cm³/mol. The number of hydrogen-bond donors (Lipinski definition) is 0. The molecular weight excluding hydrogens is 402 g/mol. The number of rotatable bonds is 4. The Hall–Kier alpha value is -2.26. The number of aryl methyl sites for hydroxylation is 1. The molecular formula is C19H18ClN3O4S. The van der Waals surface area contributed by atoms with Crippen LogP contribution in [0, 0.1) is 6.92 Å². The lowest BCUT2D eigenvalue weighted by Gasteiger charge is -2.26. The predicted octanol–water partition coefficient (Wildman–Crippen LogP) is 3.39. The quantitative estimate of drug-likeness (QED) is 0.644. The molecule has 0 saturated carbocycles. The summed E-state index contributed by atoms with van der Waals surface area (Å²) in [6.07, 6.45) is 0. The van der Waals surface area contributed by atoms with Gasteiger partial charge in [0.1, 0.15) is 4.90 Å². The fourth-order valence-corrected chi connectivity index (χ4v) is 4.82. The molecule has 2 aromatic carbocycles. The van der Waals surface area contributed by atoms with Crippen molar-refractivity contribution in [2.24, 2.45) is 0 Å². The van der Waals surface area contributed by atoms with E-state index in [0.717, 1.165) is 11.1 Å². The van der Waals surface area contributed by atoms with Crippen LogP contribution in [0.4, 0.5) is 0 Å². The van der Waals surface area contributed by atoms with Gasteiger partial charge in [0, 0.05) is 24.2 Å². The second-order valence-electron chi connectivity index (χ2n) is 6.44. The molecule has 0 aliphatic carbocycles. The molecule has 1 aliphatic heterocycles. The zero-order valence-electron chi connectivity index (χ0n) is 15.1. The fourth-order valence-electron chi connectivity index (χ4n) is 2.91. The Kier molecular flexibility index (Phi) is 5.20. The van der Waals surface area contributed by atoms with Gasteiger partial charge in [-0.25, -0.2) is 8.42 Å². The number of benzene rings is 2. The van der Waals surface area contributed by atoms with Crippen LogP contribution in [0.5, 0.6) is 0 Å². The lowest BCUT2D eigenvalue weighted by molar-refractivity contribution is 0.0730. The van der Waals surface area contributed by atoms with Crippen LogP contribution in [-0.4, -0.2) is 49.2 Å². The minimum absolute atomic E-state index is 0.0173. The Labute approximate surface area is 168 Å². The molecule has 3 aromatic rings. The Morgan fingerprint density at radius 2 is 1.57 bits per heavy atom. The Morgan fingerprint density at radius 1 is 0.964 bits per heavy atom. The van der Waals surface area contributed by atoms with E-state index in [4.69, 9.17) is 20.8 Å². The maximum Gasteiger partial charge on any atom is 0.248 e. The molecule has 7 nitrogen and oxygen atoms in total. The van der Waals surface area contributed by atoms with E-state index in [0.29, 0.717) is 37.8 Å². The van der Waals surface area contributed by atoms with Gasteiger partial charge in [0.15, 0.2) is 0 Å². The third-order valence-corrected chi connectivity index (χ3v) is 6.87. The van der Waals surface area contributed by atoms with Gasteiger partial charge in [0.25, 0.3) is 0 Å². The first-order valence-corrected chi connectivity index (χ1v) is 10.6. The van der Waals surface area contributed by atoms with Crippen molar-refractivity contribution in [3.05, 3.63) is 53.1 Å². The van der Waals surface area contributed by atoms with E-state index in [9.17, 15) is 8.42 Å². The van der Waals surface area contributed by atoms with E-state index in [-0.39, 0.29) is 15.8 Å². The summed E-state index contributed by atoms with van der Waals surface area (Å²) in [4.78, 5) is 0.0173. The number of hydrogen-bond acceptors (Lipinski definition) is 6. The number of halogens is 1. The summed E-state index contributed by atoms with van der Waals surface area (Å²) in [5.41, 5.74) is 2.40. The molecule has 0 radical (unpaired) electrons. The second-order valence-corrected chi connectivity index (χ2v) is 8.75. The standard InChI is InChI=1S/C19H18ClN3O4S/c1-13-2-4-14(5-3-13)18-21-22-19(27-18)15-6-7-16(20)17(12-15)28(24,25)23-8-10-26-11-9-23/h2-7,12H,8-11H2,1H3. The molecule has 1 fully saturated rings. The topological polar surface area (TPSA) is 85.5 Å². The van der Waals surface area contributed by atoms with E-state index in [1.54, 1.807) is 6.07 Å². The summed E-state index contributed by atoms with van der Waals surface area (Å²) in [7, 11) is -3.74. The van der Waals surface area contributed by atoms with Gasteiger partial charge in [0.05, 0.1) is 18.2 Å². The molecule has 28 heavy (non-hydrogen) atoms. The van der Waals surface area contributed by atoms with Gasteiger partial charge in [-0.15, -0.1) is 10.2 Å². The summed E-state index contributed by atoms with van der Waals surface area (Å²) in [6.45, 7) is 3.30. The highest BCUT2D eigenvalue weighted by molar-refractivity contribution is 7.89. The highest BCUT2D eigenvalue weighted by Crippen LogP contribution is 2.31. The van der Waals surface area contributed by atoms with Crippen LogP contribution in [-0.2, 0) is 14.8 Å². The van der Waals surface area contributed by atoms with Crippen molar-refractivity contribution in [1.82, 2.24) is 14.5 Å². The number of ether oxygens (including phenoxy) is 1. The molecule has 4 rings (SSSR count). The van der Waals surface area contributed by atoms with Gasteiger partial charge >= 0.3 is 0 Å². The van der Waals surface area contributed by atoms with Crippen LogP contribution in [0.25, 0.3) is 22.9 Å². The third-order valence-electron chi connectivity index (χ3n) is 4.49. The summed E-state index contributed by atoms with van der Waals surface area (Å²) >= 11 is 6.20. The van der Waals surface area contributed by atoms with Crippen molar-refractivity contribution < 1.29 is 17.6 Å². The summed E-state index contributed by atoms with van der Waals surface area (Å²) in [6, 6.07) is 12.3. The first-order valence-electron chi connectivity index (χ1n) is 8.73. The largest absolute Gasteiger partial charge is 0.416 e. The maximum atomic E-state index is 13.0. The van der Waals surface area contributed by atoms with Crippen LogP contribution in [0.1, 0.15) is 5.56 Å². The normalized spacial score (nSPS) is 15.6. The summed E-state index contributed by atoms with van der Waals surface area (Å²) in [5.74, 6) is 0.591. The maximum absolute atomic E-state index is 13.0. The number of nitrogens with zero attached hydrogens (tertiary/aromatic N) is 3. The summed E-state index contributed by atoms with van der Waals surface area (Å²) < 4.78 is 38.3. The molecule has 0 N–H and O–H groups in total. The van der Waals surface area contributed by atoms with Crippen LogP contribution in [0.2, 0.25) is 5.02 Å². The highest BCUT2D eigenvalue weighted by atomic mass is 35.5. The van der Waals surface area contributed by atoms with Crippen molar-refractivity contribution in [2.75, 3.05) is 26.3 Å². The molecule has 1 aliphatic rings. The van der Waals surface area contributed by atoms with Crippen molar-refractivity contribution >= 4 is 21.6 Å². The first kappa shape index (κ1) is 19.1. The SMILES string of the molecule is Cc1ccc(-c2nnc(-c3ccc(Cl)c(S(=O)(=O)N4CCOCC4)c3)o2)cc1. The molecule has 9 heteroatoms. The molecule has 2 heterocycles. The van der Waals surface area contributed by atoms with Gasteiger partial charge in [-0.05, 0) is 37.3 Å². The zero-order chi connectivity index (χ0) is 19.7. The fraction of sp³-hybridized carbons (Fsp3) is 0.263. The van der Waals surface area contributed by atoms with E-state index in [1.165, 1.54) is 16.4 Å². The van der Waals surface area contributed by atoms with Gasteiger partial charge in [-0.1, -0.05) is 29.3 Å². The molecule has 0 amide bonds. The molecule has 0 bridgehead atoms. The van der Waals surface area contributed by atoms with Crippen molar-refractivity contribution in [3.63, 3.8) is 0 Å². The lowest BCUT2D eigenvalue weighted by atomic mass is 10.1. The molecule has 1 aromatic heterocycles. The van der Waals surface area contributed by atoms with Crippen LogP contribution < -0.4 is 0 Å². The monoisotopic (exact) mass is 419 g/mol. The van der Waals surface area contributed by atoms with E-state index in [2.05, 4.69) is 10.2 Å².